The van der Waals surface area contributed by atoms with Crippen LogP contribution in [0.15, 0.2) is 29.2 Å². The van der Waals surface area contributed by atoms with E-state index in [0.29, 0.717) is 10.5 Å². The van der Waals surface area contributed by atoms with Crippen LogP contribution in [-0.2, 0) is 16.4 Å². The van der Waals surface area contributed by atoms with Crippen molar-refractivity contribution in [3.05, 3.63) is 29.8 Å². The molecule has 1 N–H and O–H groups in total. The molecule has 1 aromatic rings. The predicted molar refractivity (Wildman–Crippen MR) is 52.6 cm³/mol. The van der Waals surface area contributed by atoms with Gasteiger partial charge in [-0.15, -0.1) is 0 Å². The zero-order valence-corrected chi connectivity index (χ0v) is 8.50. The fourth-order valence-electron chi connectivity index (χ4n) is 1.47. The Bertz CT molecular complexity index is 432. The maximum absolute atomic E-state index is 11.9. The van der Waals surface area contributed by atoms with Gasteiger partial charge in [-0.1, -0.05) is 18.2 Å². The molecule has 0 bridgehead atoms. The zero-order chi connectivity index (χ0) is 10.2. The molecule has 0 saturated heterocycles. The van der Waals surface area contributed by atoms with E-state index in [0.717, 1.165) is 12.8 Å². The van der Waals surface area contributed by atoms with Crippen molar-refractivity contribution in [2.45, 2.75) is 29.6 Å². The molecule has 2 rings (SSSR count). The first-order valence-electron chi connectivity index (χ1n) is 4.59. The number of benzene rings is 1. The van der Waals surface area contributed by atoms with Gasteiger partial charge in [-0.05, 0) is 24.5 Å². The van der Waals surface area contributed by atoms with Crippen molar-refractivity contribution in [3.8, 4) is 0 Å². The SMILES string of the molecule is O=S(=O)(c1ccccc1CO)C1CC1. The molecule has 76 valence electrons. The van der Waals surface area contributed by atoms with Gasteiger partial charge >= 0.3 is 0 Å². The summed E-state index contributed by atoms with van der Waals surface area (Å²) in [6, 6.07) is 6.64. The minimum absolute atomic E-state index is 0.213. The Morgan fingerprint density at radius 2 is 1.93 bits per heavy atom. The van der Waals surface area contributed by atoms with Crippen LogP contribution >= 0.6 is 0 Å². The fraction of sp³-hybridized carbons (Fsp3) is 0.400. The van der Waals surface area contributed by atoms with Crippen LogP contribution in [0.25, 0.3) is 0 Å². The second kappa shape index (κ2) is 3.37. The molecule has 1 aromatic carbocycles. The van der Waals surface area contributed by atoms with Crippen molar-refractivity contribution in [1.29, 1.82) is 0 Å². The van der Waals surface area contributed by atoms with Crippen LogP contribution in [0.3, 0.4) is 0 Å². The molecule has 0 heterocycles. The molecule has 14 heavy (non-hydrogen) atoms. The number of rotatable bonds is 3. The van der Waals surface area contributed by atoms with E-state index in [-0.39, 0.29) is 11.9 Å². The smallest absolute Gasteiger partial charge is 0.181 e. The number of aliphatic hydroxyl groups is 1. The molecule has 1 fully saturated rings. The molecule has 1 aliphatic carbocycles. The summed E-state index contributed by atoms with van der Waals surface area (Å²) in [5, 5.41) is 8.81. The molecule has 0 spiro atoms. The van der Waals surface area contributed by atoms with Crippen LogP contribution in [0.1, 0.15) is 18.4 Å². The molecule has 0 aliphatic heterocycles. The maximum atomic E-state index is 11.9. The Morgan fingerprint density at radius 3 is 2.50 bits per heavy atom. The van der Waals surface area contributed by atoms with Crippen LogP contribution in [0.4, 0.5) is 0 Å². The van der Waals surface area contributed by atoms with E-state index < -0.39 is 9.84 Å². The second-order valence-corrected chi connectivity index (χ2v) is 5.71. The quantitative estimate of drug-likeness (QED) is 0.816. The standard InChI is InChI=1S/C10H12O3S/c11-7-8-3-1-2-4-10(8)14(12,13)9-5-6-9/h1-4,9,11H,5-7H2. The summed E-state index contributed by atoms with van der Waals surface area (Å²) in [7, 11) is -3.17. The highest BCUT2D eigenvalue weighted by molar-refractivity contribution is 7.92. The van der Waals surface area contributed by atoms with Gasteiger partial charge in [0.15, 0.2) is 9.84 Å². The third kappa shape index (κ3) is 1.55. The normalized spacial score (nSPS) is 16.9. The van der Waals surface area contributed by atoms with Crippen molar-refractivity contribution in [3.63, 3.8) is 0 Å². The first-order chi connectivity index (χ1) is 6.66. The van der Waals surface area contributed by atoms with Gasteiger partial charge in [-0.2, -0.15) is 0 Å². The Morgan fingerprint density at radius 1 is 1.29 bits per heavy atom. The predicted octanol–water partition coefficient (Wildman–Crippen LogP) is 1.11. The Kier molecular flexibility index (Phi) is 2.33. The highest BCUT2D eigenvalue weighted by atomic mass is 32.2. The summed E-state index contributed by atoms with van der Waals surface area (Å²) in [4.78, 5) is 0.296. The van der Waals surface area contributed by atoms with E-state index in [2.05, 4.69) is 0 Å². The van der Waals surface area contributed by atoms with Gasteiger partial charge in [-0.25, -0.2) is 8.42 Å². The number of sulfone groups is 1. The van der Waals surface area contributed by atoms with Gasteiger partial charge < -0.3 is 5.11 Å². The average molecular weight is 212 g/mol. The summed E-state index contributed by atoms with van der Waals surface area (Å²) in [6.45, 7) is -0.220. The van der Waals surface area contributed by atoms with E-state index in [9.17, 15) is 8.42 Å². The lowest BCUT2D eigenvalue weighted by Gasteiger charge is -2.06. The maximum Gasteiger partial charge on any atom is 0.181 e. The average Bonchev–Trinajstić information content (AvgIpc) is 3.01. The molecule has 3 nitrogen and oxygen atoms in total. The fourth-order valence-corrected chi connectivity index (χ4v) is 3.35. The van der Waals surface area contributed by atoms with E-state index in [4.69, 9.17) is 5.11 Å². The van der Waals surface area contributed by atoms with Gasteiger partial charge in [0, 0.05) is 0 Å². The van der Waals surface area contributed by atoms with Gasteiger partial charge in [0.2, 0.25) is 0 Å². The number of hydrogen-bond donors (Lipinski definition) is 1. The number of hydrogen-bond acceptors (Lipinski definition) is 3. The molecule has 0 unspecified atom stereocenters. The van der Waals surface area contributed by atoms with Gasteiger partial charge in [0.05, 0.1) is 16.8 Å². The molecule has 1 aliphatic rings. The lowest BCUT2D eigenvalue weighted by molar-refractivity contribution is 0.278. The monoisotopic (exact) mass is 212 g/mol. The van der Waals surface area contributed by atoms with E-state index >= 15 is 0 Å². The first-order valence-corrected chi connectivity index (χ1v) is 6.13. The molecule has 0 atom stereocenters. The van der Waals surface area contributed by atoms with Crippen LogP contribution in [0, 0.1) is 0 Å². The molecule has 0 amide bonds. The third-order valence-electron chi connectivity index (χ3n) is 2.41. The van der Waals surface area contributed by atoms with Crippen molar-refractivity contribution in [2.24, 2.45) is 0 Å². The van der Waals surface area contributed by atoms with Crippen LogP contribution in [0.5, 0.6) is 0 Å². The largest absolute Gasteiger partial charge is 0.392 e. The summed E-state index contributed by atoms with van der Waals surface area (Å²) >= 11 is 0. The Hall–Kier alpha value is -0.870. The molecular formula is C10H12O3S. The summed E-state index contributed by atoms with van der Waals surface area (Å²) in [6.07, 6.45) is 1.50. The third-order valence-corrected chi connectivity index (χ3v) is 4.77. The van der Waals surface area contributed by atoms with Crippen LogP contribution in [0.2, 0.25) is 0 Å². The van der Waals surface area contributed by atoms with Gasteiger partial charge in [-0.3, -0.25) is 0 Å². The summed E-state index contributed by atoms with van der Waals surface area (Å²) < 4.78 is 23.7. The summed E-state index contributed by atoms with van der Waals surface area (Å²) in [5.74, 6) is 0. The Labute approximate surface area is 83.3 Å². The van der Waals surface area contributed by atoms with E-state index in [1.807, 2.05) is 0 Å². The molecule has 1 saturated carbocycles. The zero-order valence-electron chi connectivity index (χ0n) is 7.68. The van der Waals surface area contributed by atoms with Crippen LogP contribution < -0.4 is 0 Å². The minimum atomic E-state index is -3.17. The second-order valence-electron chi connectivity index (χ2n) is 3.51. The van der Waals surface area contributed by atoms with Crippen molar-refractivity contribution in [2.75, 3.05) is 0 Å². The Balaban J connectivity index is 2.49. The lowest BCUT2D eigenvalue weighted by Crippen LogP contribution is -2.09. The minimum Gasteiger partial charge on any atom is -0.392 e. The molecule has 4 heteroatoms. The van der Waals surface area contributed by atoms with Crippen molar-refractivity contribution < 1.29 is 13.5 Å². The van der Waals surface area contributed by atoms with E-state index in [1.54, 1.807) is 24.3 Å². The summed E-state index contributed by atoms with van der Waals surface area (Å²) in [5.41, 5.74) is 0.499. The van der Waals surface area contributed by atoms with Crippen molar-refractivity contribution in [1.82, 2.24) is 0 Å². The van der Waals surface area contributed by atoms with Crippen molar-refractivity contribution >= 4 is 9.84 Å². The van der Waals surface area contributed by atoms with Gasteiger partial charge in [0.1, 0.15) is 0 Å². The highest BCUT2D eigenvalue weighted by Crippen LogP contribution is 2.34. The lowest BCUT2D eigenvalue weighted by atomic mass is 10.2. The van der Waals surface area contributed by atoms with Crippen LogP contribution in [-0.4, -0.2) is 18.8 Å². The molecular weight excluding hydrogens is 200 g/mol. The van der Waals surface area contributed by atoms with E-state index in [1.165, 1.54) is 0 Å². The first kappa shape index (κ1) is 9.68. The highest BCUT2D eigenvalue weighted by Gasteiger charge is 2.37. The number of aliphatic hydroxyl groups excluding tert-OH is 1. The molecule has 0 radical (unpaired) electrons. The topological polar surface area (TPSA) is 54.4 Å². The van der Waals surface area contributed by atoms with Gasteiger partial charge in [0.25, 0.3) is 0 Å². The molecule has 0 aromatic heterocycles.